The molecule has 1 heterocycles. The molecule has 1 aromatic rings. The summed E-state index contributed by atoms with van der Waals surface area (Å²) in [5.41, 5.74) is 0.703. The second-order valence-electron chi connectivity index (χ2n) is 4.10. The Balaban J connectivity index is 2.81. The lowest BCUT2D eigenvalue weighted by atomic mass is 10.0. The van der Waals surface area contributed by atoms with Gasteiger partial charge in [-0.15, -0.1) is 0 Å². The molecule has 0 aliphatic heterocycles. The van der Waals surface area contributed by atoms with Gasteiger partial charge >= 0.3 is 0 Å². The van der Waals surface area contributed by atoms with Crippen molar-refractivity contribution >= 4 is 0 Å². The first-order chi connectivity index (χ1) is 7.06. The van der Waals surface area contributed by atoms with Gasteiger partial charge in [-0.2, -0.15) is 0 Å². The summed E-state index contributed by atoms with van der Waals surface area (Å²) in [6.07, 6.45) is 2.19. The SMILES string of the molecule is CCC(C)C(O)Cn1cccc(C)c1=O. The van der Waals surface area contributed by atoms with E-state index in [9.17, 15) is 9.90 Å². The van der Waals surface area contributed by atoms with Gasteiger partial charge in [0, 0.05) is 11.8 Å². The highest BCUT2D eigenvalue weighted by Crippen LogP contribution is 2.08. The highest BCUT2D eigenvalue weighted by Gasteiger charge is 2.13. The predicted molar refractivity (Wildman–Crippen MR) is 60.9 cm³/mol. The molecule has 0 radical (unpaired) electrons. The van der Waals surface area contributed by atoms with Crippen LogP contribution >= 0.6 is 0 Å². The van der Waals surface area contributed by atoms with Gasteiger partial charge in [0.2, 0.25) is 0 Å². The highest BCUT2D eigenvalue weighted by atomic mass is 16.3. The Morgan fingerprint density at radius 3 is 2.80 bits per heavy atom. The molecule has 2 atom stereocenters. The number of aliphatic hydroxyl groups excluding tert-OH is 1. The third-order valence-corrected chi connectivity index (χ3v) is 2.89. The van der Waals surface area contributed by atoms with Crippen molar-refractivity contribution in [1.82, 2.24) is 4.57 Å². The topological polar surface area (TPSA) is 42.2 Å². The summed E-state index contributed by atoms with van der Waals surface area (Å²) in [6.45, 7) is 6.20. The van der Waals surface area contributed by atoms with Crippen molar-refractivity contribution in [2.24, 2.45) is 5.92 Å². The Morgan fingerprint density at radius 1 is 1.53 bits per heavy atom. The first-order valence-corrected chi connectivity index (χ1v) is 5.40. The lowest BCUT2D eigenvalue weighted by Gasteiger charge is -2.18. The van der Waals surface area contributed by atoms with E-state index in [-0.39, 0.29) is 11.5 Å². The van der Waals surface area contributed by atoms with Gasteiger partial charge in [0.1, 0.15) is 0 Å². The van der Waals surface area contributed by atoms with E-state index in [1.54, 1.807) is 23.8 Å². The van der Waals surface area contributed by atoms with Crippen molar-refractivity contribution in [3.8, 4) is 0 Å². The summed E-state index contributed by atoms with van der Waals surface area (Å²) in [6, 6.07) is 3.62. The van der Waals surface area contributed by atoms with E-state index in [0.717, 1.165) is 6.42 Å². The van der Waals surface area contributed by atoms with Crippen LogP contribution in [0, 0.1) is 12.8 Å². The number of nitrogens with zero attached hydrogens (tertiary/aromatic N) is 1. The molecular formula is C12H19NO2. The Hall–Kier alpha value is -1.09. The molecule has 0 saturated carbocycles. The zero-order valence-corrected chi connectivity index (χ0v) is 9.60. The molecule has 1 N–H and O–H groups in total. The molecule has 0 aliphatic carbocycles. The van der Waals surface area contributed by atoms with Crippen LogP contribution in [0.25, 0.3) is 0 Å². The number of aromatic nitrogens is 1. The molecule has 0 spiro atoms. The normalized spacial score (nSPS) is 14.9. The highest BCUT2D eigenvalue weighted by molar-refractivity contribution is 5.07. The first kappa shape index (κ1) is 12.0. The predicted octanol–water partition coefficient (Wildman–Crippen LogP) is 1.56. The van der Waals surface area contributed by atoms with E-state index in [1.807, 2.05) is 19.9 Å². The molecule has 0 saturated heterocycles. The lowest BCUT2D eigenvalue weighted by Crippen LogP contribution is -2.30. The third kappa shape index (κ3) is 2.93. The summed E-state index contributed by atoms with van der Waals surface area (Å²) in [4.78, 5) is 11.7. The van der Waals surface area contributed by atoms with Gasteiger partial charge in [-0.1, -0.05) is 26.3 Å². The second kappa shape index (κ2) is 5.12. The van der Waals surface area contributed by atoms with Crippen LogP contribution in [0.5, 0.6) is 0 Å². The fraction of sp³-hybridized carbons (Fsp3) is 0.583. The van der Waals surface area contributed by atoms with Crippen LogP contribution in [0.4, 0.5) is 0 Å². The molecule has 0 aromatic carbocycles. The van der Waals surface area contributed by atoms with E-state index in [0.29, 0.717) is 12.1 Å². The maximum Gasteiger partial charge on any atom is 0.253 e. The number of hydrogen-bond donors (Lipinski definition) is 1. The first-order valence-electron chi connectivity index (χ1n) is 5.40. The molecule has 0 amide bonds. The molecule has 0 bridgehead atoms. The van der Waals surface area contributed by atoms with E-state index in [4.69, 9.17) is 0 Å². The fourth-order valence-corrected chi connectivity index (χ4v) is 1.45. The van der Waals surface area contributed by atoms with Gasteiger partial charge in [0.25, 0.3) is 5.56 Å². The number of pyridine rings is 1. The minimum atomic E-state index is -0.450. The smallest absolute Gasteiger partial charge is 0.253 e. The number of hydrogen-bond acceptors (Lipinski definition) is 2. The third-order valence-electron chi connectivity index (χ3n) is 2.89. The Bertz CT molecular complexity index is 370. The van der Waals surface area contributed by atoms with E-state index < -0.39 is 6.10 Å². The van der Waals surface area contributed by atoms with Crippen LogP contribution in [-0.4, -0.2) is 15.8 Å². The summed E-state index contributed by atoms with van der Waals surface area (Å²) in [7, 11) is 0. The van der Waals surface area contributed by atoms with Crippen LogP contribution < -0.4 is 5.56 Å². The second-order valence-corrected chi connectivity index (χ2v) is 4.10. The number of aliphatic hydroxyl groups is 1. The lowest BCUT2D eigenvalue weighted by molar-refractivity contribution is 0.0955. The maximum atomic E-state index is 11.7. The average molecular weight is 209 g/mol. The molecule has 0 aliphatic rings. The number of rotatable bonds is 4. The van der Waals surface area contributed by atoms with Gasteiger partial charge in [-0.05, 0) is 18.9 Å². The van der Waals surface area contributed by atoms with Crippen LogP contribution in [0.15, 0.2) is 23.1 Å². The van der Waals surface area contributed by atoms with Crippen molar-refractivity contribution in [3.63, 3.8) is 0 Å². The Labute approximate surface area is 90.4 Å². The molecule has 0 fully saturated rings. The van der Waals surface area contributed by atoms with Gasteiger partial charge in [-0.3, -0.25) is 4.79 Å². The summed E-state index contributed by atoms with van der Waals surface area (Å²) < 4.78 is 1.58. The van der Waals surface area contributed by atoms with E-state index >= 15 is 0 Å². The largest absolute Gasteiger partial charge is 0.391 e. The fourth-order valence-electron chi connectivity index (χ4n) is 1.45. The minimum Gasteiger partial charge on any atom is -0.391 e. The number of aryl methyl sites for hydroxylation is 1. The average Bonchev–Trinajstić information content (AvgIpc) is 2.23. The molecule has 3 heteroatoms. The molecule has 1 rings (SSSR count). The van der Waals surface area contributed by atoms with E-state index in [2.05, 4.69) is 0 Å². The molecular weight excluding hydrogens is 190 g/mol. The monoisotopic (exact) mass is 209 g/mol. The van der Waals surface area contributed by atoms with Crippen molar-refractivity contribution < 1.29 is 5.11 Å². The van der Waals surface area contributed by atoms with Crippen LogP contribution in [0.3, 0.4) is 0 Å². The van der Waals surface area contributed by atoms with Gasteiger partial charge in [-0.25, -0.2) is 0 Å². The molecule has 3 nitrogen and oxygen atoms in total. The Kier molecular flexibility index (Phi) is 4.09. The molecule has 1 aromatic heterocycles. The summed E-state index contributed by atoms with van der Waals surface area (Å²) in [5, 5.41) is 9.83. The van der Waals surface area contributed by atoms with Gasteiger partial charge < -0.3 is 9.67 Å². The quantitative estimate of drug-likeness (QED) is 0.817. The van der Waals surface area contributed by atoms with Crippen molar-refractivity contribution in [1.29, 1.82) is 0 Å². The molecule has 2 unspecified atom stereocenters. The van der Waals surface area contributed by atoms with Crippen molar-refractivity contribution in [2.45, 2.75) is 39.8 Å². The molecule has 84 valence electrons. The van der Waals surface area contributed by atoms with E-state index in [1.165, 1.54) is 0 Å². The molecule has 15 heavy (non-hydrogen) atoms. The van der Waals surface area contributed by atoms with Gasteiger partial charge in [0.15, 0.2) is 0 Å². The van der Waals surface area contributed by atoms with Crippen molar-refractivity contribution in [2.75, 3.05) is 0 Å². The van der Waals surface area contributed by atoms with Crippen molar-refractivity contribution in [3.05, 3.63) is 34.2 Å². The standard InChI is InChI=1S/C12H19NO2/c1-4-9(2)11(14)8-13-7-5-6-10(3)12(13)15/h5-7,9,11,14H,4,8H2,1-3H3. The van der Waals surface area contributed by atoms with Gasteiger partial charge in [0.05, 0.1) is 12.6 Å². The zero-order valence-electron chi connectivity index (χ0n) is 9.60. The van der Waals surface area contributed by atoms with Crippen LogP contribution in [0.1, 0.15) is 25.8 Å². The minimum absolute atomic E-state index is 0.0140. The van der Waals surface area contributed by atoms with Crippen LogP contribution in [0.2, 0.25) is 0 Å². The summed E-state index contributed by atoms with van der Waals surface area (Å²) >= 11 is 0. The zero-order chi connectivity index (χ0) is 11.4. The maximum absolute atomic E-state index is 11.7. The Morgan fingerprint density at radius 2 is 2.20 bits per heavy atom. The summed E-state index contributed by atoms with van der Waals surface area (Å²) in [5.74, 6) is 0.220. The van der Waals surface area contributed by atoms with Crippen LogP contribution in [-0.2, 0) is 6.54 Å².